The third-order valence-electron chi connectivity index (χ3n) is 3.69. The lowest BCUT2D eigenvalue weighted by atomic mass is 10.2. The molecule has 0 saturated carbocycles. The molecule has 0 atom stereocenters. The Morgan fingerprint density at radius 3 is 2.60 bits per heavy atom. The summed E-state index contributed by atoms with van der Waals surface area (Å²) in [5.74, 6) is 0.00756. The van der Waals surface area contributed by atoms with Crippen LogP contribution >= 0.6 is 27.5 Å². The largest absolute Gasteiger partial charge is 0.507 e. The van der Waals surface area contributed by atoms with Gasteiger partial charge in [0.05, 0.1) is 22.1 Å². The van der Waals surface area contributed by atoms with Gasteiger partial charge < -0.3 is 9.84 Å². The van der Waals surface area contributed by atoms with Gasteiger partial charge in [-0.3, -0.25) is 4.79 Å². The number of nitrogens with zero attached hydrogens (tertiary/aromatic N) is 3. The van der Waals surface area contributed by atoms with Crippen LogP contribution in [0.2, 0.25) is 5.02 Å². The predicted octanol–water partition coefficient (Wildman–Crippen LogP) is 5.75. The topological polar surface area (TPSA) is 95.6 Å². The third-order valence-corrected chi connectivity index (χ3v) is 4.55. The summed E-state index contributed by atoms with van der Waals surface area (Å²) in [5.41, 5.74) is 3.95. The molecule has 0 aliphatic heterocycles. The molecule has 0 bridgehead atoms. The van der Waals surface area contributed by atoms with Crippen LogP contribution in [0.25, 0.3) is 0 Å². The molecule has 3 rings (SSSR count). The van der Waals surface area contributed by atoms with E-state index in [-0.39, 0.29) is 12.4 Å². The summed E-state index contributed by atoms with van der Waals surface area (Å²) >= 11 is 9.17. The van der Waals surface area contributed by atoms with Gasteiger partial charge in [0, 0.05) is 10.6 Å². The molecule has 0 unspecified atom stereocenters. The van der Waals surface area contributed by atoms with Gasteiger partial charge in [-0.1, -0.05) is 29.8 Å². The number of hydrazone groups is 1. The molecule has 0 aliphatic rings. The van der Waals surface area contributed by atoms with Crippen molar-refractivity contribution in [1.82, 2.24) is 5.43 Å². The van der Waals surface area contributed by atoms with Crippen molar-refractivity contribution in [2.45, 2.75) is 0 Å². The number of benzene rings is 3. The number of ether oxygens (including phenoxy) is 1. The first-order valence-corrected chi connectivity index (χ1v) is 9.88. The van der Waals surface area contributed by atoms with Crippen LogP contribution < -0.4 is 10.2 Å². The van der Waals surface area contributed by atoms with E-state index in [1.165, 1.54) is 12.3 Å². The average Bonchev–Trinajstić information content (AvgIpc) is 2.74. The molecule has 0 aliphatic carbocycles. The lowest BCUT2D eigenvalue weighted by Crippen LogP contribution is -2.24. The highest BCUT2D eigenvalue weighted by Crippen LogP contribution is 2.28. The van der Waals surface area contributed by atoms with E-state index in [4.69, 9.17) is 16.3 Å². The Bertz CT molecular complexity index is 1090. The number of phenolic OH excluding ortho intramolecular Hbond substituents is 1. The Morgan fingerprint density at radius 1 is 1.07 bits per heavy atom. The second-order valence-electron chi connectivity index (χ2n) is 5.94. The van der Waals surface area contributed by atoms with Crippen LogP contribution in [0.1, 0.15) is 5.56 Å². The molecule has 9 heteroatoms. The van der Waals surface area contributed by atoms with Gasteiger partial charge in [-0.2, -0.15) is 15.3 Å². The maximum Gasteiger partial charge on any atom is 0.277 e. The Hall–Kier alpha value is -3.23. The number of hydrogen-bond donors (Lipinski definition) is 2. The minimum Gasteiger partial charge on any atom is -0.507 e. The summed E-state index contributed by atoms with van der Waals surface area (Å²) in [7, 11) is 0. The molecule has 152 valence electrons. The van der Waals surface area contributed by atoms with Crippen LogP contribution in [-0.4, -0.2) is 23.8 Å². The second kappa shape index (κ2) is 10.5. The van der Waals surface area contributed by atoms with Crippen LogP contribution in [-0.2, 0) is 4.79 Å². The molecule has 3 aromatic rings. The summed E-state index contributed by atoms with van der Waals surface area (Å²) in [6, 6.07) is 18.9. The Balaban J connectivity index is 1.57. The lowest BCUT2D eigenvalue weighted by Gasteiger charge is -2.07. The summed E-state index contributed by atoms with van der Waals surface area (Å²) in [5, 5.41) is 22.6. The quantitative estimate of drug-likeness (QED) is 0.252. The van der Waals surface area contributed by atoms with Gasteiger partial charge in [-0.25, -0.2) is 5.43 Å². The summed E-state index contributed by atoms with van der Waals surface area (Å²) in [6.07, 6.45) is 1.31. The van der Waals surface area contributed by atoms with E-state index in [2.05, 4.69) is 36.7 Å². The molecule has 1 amide bonds. The van der Waals surface area contributed by atoms with Crippen LogP contribution in [0.3, 0.4) is 0 Å². The van der Waals surface area contributed by atoms with Crippen LogP contribution in [0, 0.1) is 0 Å². The van der Waals surface area contributed by atoms with Crippen molar-refractivity contribution >= 4 is 51.0 Å². The van der Waals surface area contributed by atoms with E-state index in [9.17, 15) is 9.90 Å². The van der Waals surface area contributed by atoms with E-state index in [1.807, 2.05) is 30.3 Å². The van der Waals surface area contributed by atoms with Crippen molar-refractivity contribution in [3.8, 4) is 11.5 Å². The average molecular weight is 488 g/mol. The highest BCUT2D eigenvalue weighted by molar-refractivity contribution is 9.10. The summed E-state index contributed by atoms with van der Waals surface area (Å²) < 4.78 is 6.04. The smallest absolute Gasteiger partial charge is 0.277 e. The number of halogens is 2. The zero-order valence-electron chi connectivity index (χ0n) is 15.5. The number of aromatic hydroxyl groups is 1. The first-order valence-electron chi connectivity index (χ1n) is 8.71. The van der Waals surface area contributed by atoms with Crippen molar-refractivity contribution in [3.63, 3.8) is 0 Å². The van der Waals surface area contributed by atoms with Crippen LogP contribution in [0.5, 0.6) is 11.5 Å². The van der Waals surface area contributed by atoms with E-state index in [0.717, 1.165) is 0 Å². The molecule has 3 aromatic carbocycles. The molecule has 0 saturated heterocycles. The van der Waals surface area contributed by atoms with Gasteiger partial charge in [-0.15, -0.1) is 0 Å². The minimum atomic E-state index is -0.465. The molecule has 0 radical (unpaired) electrons. The van der Waals surface area contributed by atoms with Crippen molar-refractivity contribution in [2.75, 3.05) is 6.61 Å². The maximum atomic E-state index is 11.9. The fourth-order valence-electron chi connectivity index (χ4n) is 2.26. The fraction of sp³-hybridized carbons (Fsp3) is 0.0476. The first kappa shape index (κ1) is 21.5. The van der Waals surface area contributed by atoms with E-state index >= 15 is 0 Å². The SMILES string of the molecule is O=C(COc1ccc(Cl)cc1Br)NN=Cc1cc(N=Nc2ccccc2)ccc1O. The molecule has 0 spiro atoms. The highest BCUT2D eigenvalue weighted by atomic mass is 79.9. The van der Waals surface area contributed by atoms with E-state index in [0.29, 0.717) is 32.2 Å². The summed E-state index contributed by atoms with van der Waals surface area (Å²) in [4.78, 5) is 11.9. The maximum absolute atomic E-state index is 11.9. The van der Waals surface area contributed by atoms with Gasteiger partial charge in [0.25, 0.3) is 5.91 Å². The number of azo groups is 1. The molecule has 2 N–H and O–H groups in total. The van der Waals surface area contributed by atoms with E-state index in [1.54, 1.807) is 30.3 Å². The van der Waals surface area contributed by atoms with Crippen molar-refractivity contribution < 1.29 is 14.6 Å². The zero-order valence-corrected chi connectivity index (χ0v) is 17.8. The Labute approximate surface area is 186 Å². The molecule has 0 heterocycles. The second-order valence-corrected chi connectivity index (χ2v) is 7.23. The van der Waals surface area contributed by atoms with Gasteiger partial charge in [-0.05, 0) is 64.5 Å². The molecule has 0 aromatic heterocycles. The first-order chi connectivity index (χ1) is 14.5. The normalized spacial score (nSPS) is 11.1. The number of rotatable bonds is 7. The predicted molar refractivity (Wildman–Crippen MR) is 119 cm³/mol. The number of carbonyl (C=O) groups is 1. The Kier molecular flexibility index (Phi) is 7.53. The standard InChI is InChI=1S/C21H16BrClN4O3/c22-18-11-15(23)6-9-20(18)30-13-21(29)27-24-12-14-10-17(7-8-19(14)28)26-25-16-4-2-1-3-5-16/h1-12,28H,13H2,(H,27,29). The van der Waals surface area contributed by atoms with Crippen molar-refractivity contribution in [3.05, 3.63) is 81.8 Å². The van der Waals surface area contributed by atoms with Crippen LogP contribution in [0.15, 0.2) is 86.5 Å². The zero-order chi connectivity index (χ0) is 21.3. The summed E-state index contributed by atoms with van der Waals surface area (Å²) in [6.45, 7) is -0.241. The van der Waals surface area contributed by atoms with Gasteiger partial charge in [0.15, 0.2) is 6.61 Å². The number of hydrogen-bond acceptors (Lipinski definition) is 6. The van der Waals surface area contributed by atoms with E-state index < -0.39 is 5.91 Å². The monoisotopic (exact) mass is 486 g/mol. The van der Waals surface area contributed by atoms with Gasteiger partial charge in [0.2, 0.25) is 0 Å². The fourth-order valence-corrected chi connectivity index (χ4v) is 3.06. The van der Waals surface area contributed by atoms with Gasteiger partial charge >= 0.3 is 0 Å². The Morgan fingerprint density at radius 2 is 1.83 bits per heavy atom. The minimum absolute atomic E-state index is 0.00648. The molecule has 0 fully saturated rings. The number of carbonyl (C=O) groups excluding carboxylic acids is 1. The van der Waals surface area contributed by atoms with Crippen molar-refractivity contribution in [2.24, 2.45) is 15.3 Å². The number of nitrogens with one attached hydrogen (secondary N) is 1. The highest BCUT2D eigenvalue weighted by Gasteiger charge is 2.06. The third kappa shape index (κ3) is 6.40. The molecular formula is C21H16BrClN4O3. The lowest BCUT2D eigenvalue weighted by molar-refractivity contribution is -0.123. The number of phenols is 1. The van der Waals surface area contributed by atoms with Crippen molar-refractivity contribution in [1.29, 1.82) is 0 Å². The molecule has 7 nitrogen and oxygen atoms in total. The molecular weight excluding hydrogens is 472 g/mol. The number of amides is 1. The molecule has 30 heavy (non-hydrogen) atoms. The van der Waals surface area contributed by atoms with Crippen LogP contribution in [0.4, 0.5) is 11.4 Å². The van der Waals surface area contributed by atoms with Gasteiger partial charge in [0.1, 0.15) is 11.5 Å².